The summed E-state index contributed by atoms with van der Waals surface area (Å²) >= 11 is 3.33. The van der Waals surface area contributed by atoms with Crippen molar-refractivity contribution in [3.05, 3.63) is 68.9 Å². The van der Waals surface area contributed by atoms with Crippen molar-refractivity contribution >= 4 is 38.4 Å². The molecule has 0 unspecified atom stereocenters. The van der Waals surface area contributed by atoms with Gasteiger partial charge in [-0.3, -0.25) is 9.59 Å². The normalized spacial score (nSPS) is 10.5. The molecule has 6 heteroatoms. The fraction of sp³-hybridized carbons (Fsp3) is 0.0588. The minimum Gasteiger partial charge on any atom is -0.497 e. The number of hydrogen-bond acceptors (Lipinski definition) is 3. The molecule has 0 aliphatic heterocycles. The molecule has 2 N–H and O–H groups in total. The van der Waals surface area contributed by atoms with E-state index in [1.807, 2.05) is 12.1 Å². The lowest BCUT2D eigenvalue weighted by Crippen LogP contribution is -2.21. The second kappa shape index (κ2) is 6.26. The van der Waals surface area contributed by atoms with Gasteiger partial charge in [0.1, 0.15) is 11.3 Å². The molecule has 1 amide bonds. The molecule has 0 radical (unpaired) electrons. The van der Waals surface area contributed by atoms with Crippen LogP contribution in [0.2, 0.25) is 0 Å². The zero-order valence-electron chi connectivity index (χ0n) is 12.2. The van der Waals surface area contributed by atoms with Crippen molar-refractivity contribution in [1.29, 1.82) is 0 Å². The summed E-state index contributed by atoms with van der Waals surface area (Å²) in [4.78, 5) is 27.8. The summed E-state index contributed by atoms with van der Waals surface area (Å²) in [5.41, 5.74) is 0.972. The Labute approximate surface area is 140 Å². The number of fused-ring (bicyclic) bond motifs is 1. The van der Waals surface area contributed by atoms with Crippen molar-refractivity contribution in [2.45, 2.75) is 0 Å². The van der Waals surface area contributed by atoms with Crippen LogP contribution in [0, 0.1) is 0 Å². The van der Waals surface area contributed by atoms with Crippen LogP contribution in [0.25, 0.3) is 10.9 Å². The van der Waals surface area contributed by atoms with Gasteiger partial charge in [0.15, 0.2) is 0 Å². The smallest absolute Gasteiger partial charge is 0.261 e. The molecule has 1 aromatic heterocycles. The topological polar surface area (TPSA) is 71.2 Å². The number of aromatic nitrogens is 1. The van der Waals surface area contributed by atoms with Crippen molar-refractivity contribution in [3.63, 3.8) is 0 Å². The van der Waals surface area contributed by atoms with E-state index in [1.165, 1.54) is 13.3 Å². The molecular formula is C17H13BrN2O3. The monoisotopic (exact) mass is 372 g/mol. The van der Waals surface area contributed by atoms with E-state index < -0.39 is 5.91 Å². The summed E-state index contributed by atoms with van der Waals surface area (Å²) in [6, 6.07) is 12.2. The third kappa shape index (κ3) is 3.12. The van der Waals surface area contributed by atoms with Crippen LogP contribution in [-0.2, 0) is 0 Å². The van der Waals surface area contributed by atoms with Crippen LogP contribution in [-0.4, -0.2) is 18.0 Å². The maximum absolute atomic E-state index is 12.5. The van der Waals surface area contributed by atoms with Gasteiger partial charge in [0, 0.05) is 27.3 Å². The molecular weight excluding hydrogens is 360 g/mol. The molecule has 0 spiro atoms. The number of hydrogen-bond donors (Lipinski definition) is 2. The number of ether oxygens (including phenoxy) is 1. The molecule has 3 rings (SSSR count). The first-order chi connectivity index (χ1) is 11.1. The summed E-state index contributed by atoms with van der Waals surface area (Å²) in [5.74, 6) is 0.103. The Morgan fingerprint density at radius 3 is 2.61 bits per heavy atom. The highest BCUT2D eigenvalue weighted by atomic mass is 79.9. The summed E-state index contributed by atoms with van der Waals surface area (Å²) in [5, 5.41) is 3.12. The Kier molecular flexibility index (Phi) is 4.16. The number of benzene rings is 2. The average Bonchev–Trinajstić information content (AvgIpc) is 2.57. The van der Waals surface area contributed by atoms with E-state index in [0.717, 1.165) is 4.47 Å². The van der Waals surface area contributed by atoms with E-state index in [1.54, 1.807) is 30.3 Å². The van der Waals surface area contributed by atoms with Crippen LogP contribution in [0.15, 0.2) is 57.9 Å². The van der Waals surface area contributed by atoms with Gasteiger partial charge in [0.25, 0.3) is 5.91 Å². The van der Waals surface area contributed by atoms with Crippen molar-refractivity contribution in [1.82, 2.24) is 4.98 Å². The number of carbonyl (C=O) groups excluding carboxylic acids is 1. The van der Waals surface area contributed by atoms with Crippen LogP contribution in [0.4, 0.5) is 5.69 Å². The Morgan fingerprint density at radius 1 is 1.17 bits per heavy atom. The molecule has 5 nitrogen and oxygen atoms in total. The minimum absolute atomic E-state index is 0.0497. The Hall–Kier alpha value is -2.60. The fourth-order valence-corrected chi connectivity index (χ4v) is 2.49. The Balaban J connectivity index is 1.98. The van der Waals surface area contributed by atoms with Gasteiger partial charge in [-0.25, -0.2) is 0 Å². The van der Waals surface area contributed by atoms with E-state index in [9.17, 15) is 9.59 Å². The molecule has 0 saturated heterocycles. The van der Waals surface area contributed by atoms with E-state index >= 15 is 0 Å². The first kappa shape index (κ1) is 15.3. The van der Waals surface area contributed by atoms with Gasteiger partial charge in [-0.2, -0.15) is 0 Å². The number of aromatic amines is 1. The SMILES string of the molecule is COc1ccc2[nH]cc(C(=O)Nc3ccc(Br)cc3)c(=O)c2c1. The van der Waals surface area contributed by atoms with E-state index in [2.05, 4.69) is 26.2 Å². The number of amides is 1. The highest BCUT2D eigenvalue weighted by molar-refractivity contribution is 9.10. The molecule has 2 aromatic carbocycles. The van der Waals surface area contributed by atoms with Crippen molar-refractivity contribution in [2.75, 3.05) is 12.4 Å². The number of anilines is 1. The number of pyridine rings is 1. The van der Waals surface area contributed by atoms with Crippen molar-refractivity contribution in [3.8, 4) is 5.75 Å². The number of H-pyrrole nitrogens is 1. The van der Waals surface area contributed by atoms with Gasteiger partial charge in [-0.1, -0.05) is 15.9 Å². The highest BCUT2D eigenvalue weighted by Gasteiger charge is 2.13. The third-order valence-electron chi connectivity index (χ3n) is 3.43. The van der Waals surface area contributed by atoms with Crippen LogP contribution >= 0.6 is 15.9 Å². The fourth-order valence-electron chi connectivity index (χ4n) is 2.22. The van der Waals surface area contributed by atoms with Crippen molar-refractivity contribution in [2.24, 2.45) is 0 Å². The first-order valence-corrected chi connectivity index (χ1v) is 7.64. The zero-order valence-corrected chi connectivity index (χ0v) is 13.8. The van der Waals surface area contributed by atoms with Gasteiger partial charge in [-0.15, -0.1) is 0 Å². The molecule has 1 heterocycles. The predicted octanol–water partition coefficient (Wildman–Crippen LogP) is 3.55. The van der Waals surface area contributed by atoms with E-state index in [-0.39, 0.29) is 11.0 Å². The molecule has 0 aliphatic rings. The molecule has 0 bridgehead atoms. The summed E-state index contributed by atoms with van der Waals surface area (Å²) in [6.45, 7) is 0. The van der Waals surface area contributed by atoms with Gasteiger partial charge < -0.3 is 15.0 Å². The molecule has 0 aliphatic carbocycles. The zero-order chi connectivity index (χ0) is 16.4. The lowest BCUT2D eigenvalue weighted by molar-refractivity contribution is 0.102. The first-order valence-electron chi connectivity index (χ1n) is 6.85. The molecule has 0 saturated carbocycles. The quantitative estimate of drug-likeness (QED) is 0.738. The lowest BCUT2D eigenvalue weighted by Gasteiger charge is -2.07. The molecule has 23 heavy (non-hydrogen) atoms. The molecule has 3 aromatic rings. The Morgan fingerprint density at radius 2 is 1.91 bits per heavy atom. The van der Waals surface area contributed by atoms with Crippen LogP contribution in [0.1, 0.15) is 10.4 Å². The number of methoxy groups -OCH3 is 1. The summed E-state index contributed by atoms with van der Waals surface area (Å²) in [6.07, 6.45) is 1.42. The largest absolute Gasteiger partial charge is 0.497 e. The molecule has 0 fully saturated rings. The molecule has 116 valence electrons. The number of nitrogens with one attached hydrogen (secondary N) is 2. The number of rotatable bonds is 3. The van der Waals surface area contributed by atoms with E-state index in [4.69, 9.17) is 4.74 Å². The second-order valence-electron chi connectivity index (χ2n) is 4.90. The third-order valence-corrected chi connectivity index (χ3v) is 3.96. The second-order valence-corrected chi connectivity index (χ2v) is 5.82. The van der Waals surface area contributed by atoms with Gasteiger partial charge in [0.2, 0.25) is 5.43 Å². The highest BCUT2D eigenvalue weighted by Crippen LogP contribution is 2.18. The van der Waals surface area contributed by atoms with Crippen LogP contribution in [0.3, 0.4) is 0 Å². The summed E-state index contributed by atoms with van der Waals surface area (Å²) in [7, 11) is 1.53. The maximum atomic E-state index is 12.5. The predicted molar refractivity (Wildman–Crippen MR) is 93.2 cm³/mol. The lowest BCUT2D eigenvalue weighted by atomic mass is 10.1. The standard InChI is InChI=1S/C17H13BrN2O3/c1-23-12-6-7-15-13(8-12)16(21)14(9-19-15)17(22)20-11-4-2-10(18)3-5-11/h2-9H,1H3,(H,19,21)(H,20,22). The van der Waals surface area contributed by atoms with Crippen molar-refractivity contribution < 1.29 is 9.53 Å². The van der Waals surface area contributed by atoms with Gasteiger partial charge in [-0.05, 0) is 42.5 Å². The van der Waals surface area contributed by atoms with Crippen LogP contribution in [0.5, 0.6) is 5.75 Å². The van der Waals surface area contributed by atoms with E-state index in [0.29, 0.717) is 22.3 Å². The molecule has 0 atom stereocenters. The minimum atomic E-state index is -0.460. The average molecular weight is 373 g/mol. The number of halogens is 1. The number of carbonyl (C=O) groups is 1. The maximum Gasteiger partial charge on any atom is 0.261 e. The van der Waals surface area contributed by atoms with Gasteiger partial charge >= 0.3 is 0 Å². The Bertz CT molecular complexity index is 933. The van der Waals surface area contributed by atoms with Crippen LogP contribution < -0.4 is 15.5 Å². The van der Waals surface area contributed by atoms with Gasteiger partial charge in [0.05, 0.1) is 7.11 Å². The summed E-state index contributed by atoms with van der Waals surface area (Å²) < 4.78 is 6.04.